The highest BCUT2D eigenvalue weighted by Crippen LogP contribution is 1.94. The molecule has 0 aromatic heterocycles. The fourth-order valence-corrected chi connectivity index (χ4v) is 0.617. The maximum absolute atomic E-state index is 11.2. The summed E-state index contributed by atoms with van der Waals surface area (Å²) in [5.74, 6) is 0.0158. The fraction of sp³-hybridized carbons (Fsp3) is 0.667. The molecule has 70 valence electrons. The Bertz CT molecular complexity index is 164. The number of amides is 1. The van der Waals surface area contributed by atoms with Gasteiger partial charge in [-0.05, 0) is 13.8 Å². The van der Waals surface area contributed by atoms with Gasteiger partial charge in [0.05, 0.1) is 6.61 Å². The molecule has 0 fully saturated rings. The number of rotatable bonds is 4. The number of nitrogens with zero attached hydrogens (tertiary/aromatic N) is 1. The highest BCUT2D eigenvalue weighted by molar-refractivity contribution is 5.87. The Morgan fingerprint density at radius 2 is 2.17 bits per heavy atom. The highest BCUT2D eigenvalue weighted by atomic mass is 16.5. The topological polar surface area (TPSA) is 29.5 Å². The zero-order valence-corrected chi connectivity index (χ0v) is 8.20. The molecule has 0 aliphatic carbocycles. The summed E-state index contributed by atoms with van der Waals surface area (Å²) < 4.78 is 4.77. The van der Waals surface area contributed by atoms with Gasteiger partial charge in [-0.3, -0.25) is 4.79 Å². The minimum Gasteiger partial charge on any atom is -0.381 e. The summed E-state index contributed by atoms with van der Waals surface area (Å²) in [5.41, 5.74) is 0. The van der Waals surface area contributed by atoms with Gasteiger partial charge in [0.25, 0.3) is 0 Å². The second-order valence-electron chi connectivity index (χ2n) is 2.90. The SMILES string of the molecule is COC/C=C/C(=O)N(C)C(C)C. The summed E-state index contributed by atoms with van der Waals surface area (Å²) in [6, 6.07) is 0.240. The Kier molecular flexibility index (Phi) is 5.37. The van der Waals surface area contributed by atoms with Crippen LogP contribution in [0.5, 0.6) is 0 Å². The predicted octanol–water partition coefficient (Wildman–Crippen LogP) is 1.06. The summed E-state index contributed by atoms with van der Waals surface area (Å²) in [6.45, 7) is 4.43. The molecule has 0 aromatic carbocycles. The van der Waals surface area contributed by atoms with Crippen molar-refractivity contribution in [2.45, 2.75) is 19.9 Å². The fourth-order valence-electron chi connectivity index (χ4n) is 0.617. The van der Waals surface area contributed by atoms with Gasteiger partial charge >= 0.3 is 0 Å². The van der Waals surface area contributed by atoms with Crippen molar-refractivity contribution in [3.05, 3.63) is 12.2 Å². The number of methoxy groups -OCH3 is 1. The van der Waals surface area contributed by atoms with Crippen LogP contribution in [0.15, 0.2) is 12.2 Å². The number of hydrogen-bond donors (Lipinski definition) is 0. The van der Waals surface area contributed by atoms with Crippen molar-refractivity contribution in [3.63, 3.8) is 0 Å². The Morgan fingerprint density at radius 3 is 2.58 bits per heavy atom. The number of hydrogen-bond acceptors (Lipinski definition) is 2. The van der Waals surface area contributed by atoms with Gasteiger partial charge in [-0.2, -0.15) is 0 Å². The standard InChI is InChI=1S/C9H17NO2/c1-8(2)10(3)9(11)6-5-7-12-4/h5-6,8H,7H2,1-4H3/b6-5+. The van der Waals surface area contributed by atoms with Gasteiger partial charge in [0.2, 0.25) is 5.91 Å². The summed E-state index contributed by atoms with van der Waals surface area (Å²) in [6.07, 6.45) is 3.24. The van der Waals surface area contributed by atoms with Crippen LogP contribution < -0.4 is 0 Å². The number of ether oxygens (including phenoxy) is 1. The van der Waals surface area contributed by atoms with Gasteiger partial charge < -0.3 is 9.64 Å². The largest absolute Gasteiger partial charge is 0.381 e. The van der Waals surface area contributed by atoms with Gasteiger partial charge in [0, 0.05) is 26.3 Å². The summed E-state index contributed by atoms with van der Waals surface area (Å²) in [7, 11) is 3.38. The lowest BCUT2D eigenvalue weighted by molar-refractivity contribution is -0.126. The zero-order chi connectivity index (χ0) is 9.56. The average molecular weight is 171 g/mol. The Morgan fingerprint density at radius 1 is 1.58 bits per heavy atom. The van der Waals surface area contributed by atoms with Gasteiger partial charge in [0.1, 0.15) is 0 Å². The van der Waals surface area contributed by atoms with Crippen molar-refractivity contribution in [1.82, 2.24) is 4.90 Å². The van der Waals surface area contributed by atoms with Crippen LogP contribution in [0, 0.1) is 0 Å². The van der Waals surface area contributed by atoms with Gasteiger partial charge in [-0.15, -0.1) is 0 Å². The van der Waals surface area contributed by atoms with Crippen molar-refractivity contribution >= 4 is 5.91 Å². The van der Waals surface area contributed by atoms with E-state index < -0.39 is 0 Å². The van der Waals surface area contributed by atoms with E-state index in [0.29, 0.717) is 6.61 Å². The Hall–Kier alpha value is -0.830. The van der Waals surface area contributed by atoms with Crippen molar-refractivity contribution in [1.29, 1.82) is 0 Å². The van der Waals surface area contributed by atoms with Crippen molar-refractivity contribution in [3.8, 4) is 0 Å². The molecule has 0 bridgehead atoms. The molecular weight excluding hydrogens is 154 g/mol. The molecule has 0 aliphatic rings. The zero-order valence-electron chi connectivity index (χ0n) is 8.20. The van der Waals surface area contributed by atoms with Crippen LogP contribution in [0.3, 0.4) is 0 Å². The summed E-state index contributed by atoms with van der Waals surface area (Å²) >= 11 is 0. The van der Waals surface area contributed by atoms with E-state index in [-0.39, 0.29) is 11.9 Å². The predicted molar refractivity (Wildman–Crippen MR) is 48.9 cm³/mol. The van der Waals surface area contributed by atoms with E-state index in [1.54, 1.807) is 25.1 Å². The lowest BCUT2D eigenvalue weighted by atomic mass is 10.3. The molecule has 0 spiro atoms. The lowest BCUT2D eigenvalue weighted by Gasteiger charge is -2.19. The Labute approximate surface area is 74.0 Å². The van der Waals surface area contributed by atoms with Crippen LogP contribution in [0.4, 0.5) is 0 Å². The van der Waals surface area contributed by atoms with E-state index >= 15 is 0 Å². The third-order valence-corrected chi connectivity index (χ3v) is 1.65. The second-order valence-corrected chi connectivity index (χ2v) is 2.90. The van der Waals surface area contributed by atoms with Crippen LogP contribution in [-0.4, -0.2) is 37.6 Å². The minimum absolute atomic E-state index is 0.0158. The number of carbonyl (C=O) groups is 1. The number of likely N-dealkylation sites (N-methyl/N-ethyl adjacent to an activating group) is 1. The quantitative estimate of drug-likeness (QED) is 0.592. The summed E-state index contributed by atoms with van der Waals surface area (Å²) in [4.78, 5) is 12.9. The number of carbonyl (C=O) groups excluding carboxylic acids is 1. The van der Waals surface area contributed by atoms with Crippen molar-refractivity contribution < 1.29 is 9.53 Å². The summed E-state index contributed by atoms with van der Waals surface area (Å²) in [5, 5.41) is 0. The molecule has 0 heterocycles. The van der Waals surface area contributed by atoms with E-state index in [9.17, 15) is 4.79 Å². The van der Waals surface area contributed by atoms with E-state index in [4.69, 9.17) is 4.74 Å². The monoisotopic (exact) mass is 171 g/mol. The molecule has 0 aliphatic heterocycles. The van der Waals surface area contributed by atoms with E-state index in [1.807, 2.05) is 13.8 Å². The van der Waals surface area contributed by atoms with Gasteiger partial charge in [-0.25, -0.2) is 0 Å². The van der Waals surface area contributed by atoms with E-state index in [1.165, 1.54) is 6.08 Å². The van der Waals surface area contributed by atoms with Gasteiger partial charge in [-0.1, -0.05) is 6.08 Å². The normalized spacial score (nSPS) is 11.1. The first kappa shape index (κ1) is 11.2. The molecular formula is C9H17NO2. The molecule has 1 amide bonds. The molecule has 12 heavy (non-hydrogen) atoms. The van der Waals surface area contributed by atoms with Crippen LogP contribution in [0.25, 0.3) is 0 Å². The molecule has 0 unspecified atom stereocenters. The van der Waals surface area contributed by atoms with Crippen LogP contribution in [-0.2, 0) is 9.53 Å². The molecule has 0 N–H and O–H groups in total. The van der Waals surface area contributed by atoms with Crippen molar-refractivity contribution in [2.24, 2.45) is 0 Å². The van der Waals surface area contributed by atoms with Crippen LogP contribution >= 0.6 is 0 Å². The molecule has 0 atom stereocenters. The third-order valence-electron chi connectivity index (χ3n) is 1.65. The van der Waals surface area contributed by atoms with E-state index in [0.717, 1.165) is 0 Å². The molecule has 0 radical (unpaired) electrons. The Balaban J connectivity index is 3.86. The lowest BCUT2D eigenvalue weighted by Crippen LogP contribution is -2.31. The van der Waals surface area contributed by atoms with Gasteiger partial charge in [0.15, 0.2) is 0 Å². The molecule has 0 saturated carbocycles. The third kappa shape index (κ3) is 4.13. The van der Waals surface area contributed by atoms with Crippen molar-refractivity contribution in [2.75, 3.05) is 20.8 Å². The average Bonchev–Trinajstić information content (AvgIpc) is 2.03. The smallest absolute Gasteiger partial charge is 0.246 e. The highest BCUT2D eigenvalue weighted by Gasteiger charge is 2.06. The first-order chi connectivity index (χ1) is 5.59. The maximum atomic E-state index is 11.2. The molecule has 3 heteroatoms. The first-order valence-corrected chi connectivity index (χ1v) is 4.02. The van der Waals surface area contributed by atoms with Crippen LogP contribution in [0.2, 0.25) is 0 Å². The maximum Gasteiger partial charge on any atom is 0.246 e. The first-order valence-electron chi connectivity index (χ1n) is 4.02. The molecule has 0 saturated heterocycles. The second kappa shape index (κ2) is 5.77. The van der Waals surface area contributed by atoms with Crippen LogP contribution in [0.1, 0.15) is 13.8 Å². The molecule has 0 rings (SSSR count). The van der Waals surface area contributed by atoms with E-state index in [2.05, 4.69) is 0 Å². The molecule has 3 nitrogen and oxygen atoms in total. The molecule has 0 aromatic rings. The minimum atomic E-state index is 0.0158.